The molecule has 0 saturated carbocycles. The van der Waals surface area contributed by atoms with E-state index in [1.807, 2.05) is 20.8 Å². The summed E-state index contributed by atoms with van der Waals surface area (Å²) in [4.78, 5) is 22.5. The third-order valence-electron chi connectivity index (χ3n) is 2.62. The number of carboxylic acid groups (broad SMARTS) is 1. The van der Waals surface area contributed by atoms with Gasteiger partial charge in [-0.2, -0.15) is 0 Å². The van der Waals surface area contributed by atoms with Gasteiger partial charge in [-0.25, -0.2) is 9.48 Å². The standard InChI is InChI=1S/C11H18N4O3/c1-5-6(9(12)16)15-8(11(2,3)4)7(10(17)18)13-14-15/h6H,5H2,1-4H3,(H2,12,16)(H,17,18). The van der Waals surface area contributed by atoms with E-state index in [1.54, 1.807) is 6.92 Å². The van der Waals surface area contributed by atoms with Gasteiger partial charge in [-0.3, -0.25) is 4.79 Å². The van der Waals surface area contributed by atoms with E-state index in [9.17, 15) is 9.59 Å². The molecule has 1 amide bonds. The SMILES string of the molecule is CCC(C(N)=O)n1nnc(C(=O)O)c1C(C)(C)C. The minimum Gasteiger partial charge on any atom is -0.476 e. The van der Waals surface area contributed by atoms with Gasteiger partial charge in [-0.15, -0.1) is 5.10 Å². The normalized spacial score (nSPS) is 13.3. The van der Waals surface area contributed by atoms with E-state index in [0.717, 1.165) is 0 Å². The Balaban J connectivity index is 3.46. The molecule has 0 aliphatic carbocycles. The Hall–Kier alpha value is -1.92. The second-order valence-corrected chi connectivity index (χ2v) is 5.11. The van der Waals surface area contributed by atoms with Gasteiger partial charge in [0.15, 0.2) is 5.69 Å². The first kappa shape index (κ1) is 14.1. The summed E-state index contributed by atoms with van der Waals surface area (Å²) < 4.78 is 1.33. The van der Waals surface area contributed by atoms with Crippen molar-refractivity contribution in [2.24, 2.45) is 5.73 Å². The first-order chi connectivity index (χ1) is 8.20. The Morgan fingerprint density at radius 3 is 2.33 bits per heavy atom. The monoisotopic (exact) mass is 254 g/mol. The van der Waals surface area contributed by atoms with Crippen LogP contribution in [0, 0.1) is 0 Å². The average Bonchev–Trinajstić information content (AvgIpc) is 2.62. The first-order valence-corrected chi connectivity index (χ1v) is 5.68. The fraction of sp³-hybridized carbons (Fsp3) is 0.636. The predicted molar refractivity (Wildman–Crippen MR) is 64.2 cm³/mol. The van der Waals surface area contributed by atoms with Crippen LogP contribution in [0.5, 0.6) is 0 Å². The highest BCUT2D eigenvalue weighted by Crippen LogP contribution is 2.27. The van der Waals surface area contributed by atoms with Gasteiger partial charge in [-0.1, -0.05) is 32.9 Å². The fourth-order valence-corrected chi connectivity index (χ4v) is 1.85. The summed E-state index contributed by atoms with van der Waals surface area (Å²) in [6.07, 6.45) is 0.431. The highest BCUT2D eigenvalue weighted by atomic mass is 16.4. The summed E-state index contributed by atoms with van der Waals surface area (Å²) in [5.74, 6) is -1.71. The van der Waals surface area contributed by atoms with Crippen LogP contribution in [0.1, 0.15) is 56.3 Å². The van der Waals surface area contributed by atoms with Crippen molar-refractivity contribution in [2.75, 3.05) is 0 Å². The van der Waals surface area contributed by atoms with Gasteiger partial charge in [0.05, 0.1) is 5.69 Å². The van der Waals surface area contributed by atoms with E-state index in [-0.39, 0.29) is 5.69 Å². The van der Waals surface area contributed by atoms with Crippen molar-refractivity contribution in [1.29, 1.82) is 0 Å². The predicted octanol–water partition coefficient (Wildman–Crippen LogP) is 0.710. The molecule has 0 radical (unpaired) electrons. The maximum Gasteiger partial charge on any atom is 0.358 e. The smallest absolute Gasteiger partial charge is 0.358 e. The van der Waals surface area contributed by atoms with Crippen LogP contribution in [0.3, 0.4) is 0 Å². The van der Waals surface area contributed by atoms with E-state index in [1.165, 1.54) is 4.68 Å². The number of hydrogen-bond acceptors (Lipinski definition) is 4. The molecule has 7 nitrogen and oxygen atoms in total. The summed E-state index contributed by atoms with van der Waals surface area (Å²) in [7, 11) is 0. The number of hydrogen-bond donors (Lipinski definition) is 2. The summed E-state index contributed by atoms with van der Waals surface area (Å²) in [6.45, 7) is 7.29. The van der Waals surface area contributed by atoms with Gasteiger partial charge in [0.2, 0.25) is 5.91 Å². The lowest BCUT2D eigenvalue weighted by Crippen LogP contribution is -2.31. The molecule has 1 rings (SSSR count). The molecule has 18 heavy (non-hydrogen) atoms. The Labute approximate surface area is 105 Å². The minimum absolute atomic E-state index is 0.137. The maximum absolute atomic E-state index is 11.4. The zero-order valence-corrected chi connectivity index (χ0v) is 11.0. The van der Waals surface area contributed by atoms with Gasteiger partial charge in [-0.05, 0) is 6.42 Å². The molecular formula is C11H18N4O3. The van der Waals surface area contributed by atoms with Crippen LogP contribution in [0.25, 0.3) is 0 Å². The number of aromatic carboxylic acids is 1. The summed E-state index contributed by atoms with van der Waals surface area (Å²) >= 11 is 0. The second kappa shape index (κ2) is 4.75. The summed E-state index contributed by atoms with van der Waals surface area (Å²) in [5, 5.41) is 16.5. The number of aromatic nitrogens is 3. The van der Waals surface area contributed by atoms with Gasteiger partial charge in [0.25, 0.3) is 0 Å². The Morgan fingerprint density at radius 1 is 1.44 bits per heavy atom. The lowest BCUT2D eigenvalue weighted by molar-refractivity contribution is -0.121. The van der Waals surface area contributed by atoms with Crippen LogP contribution in [0.15, 0.2) is 0 Å². The molecule has 0 bridgehead atoms. The van der Waals surface area contributed by atoms with Crippen LogP contribution < -0.4 is 5.73 Å². The molecule has 0 aromatic carbocycles. The Bertz CT molecular complexity index is 473. The molecule has 0 spiro atoms. The summed E-state index contributed by atoms with van der Waals surface area (Å²) in [5.41, 5.74) is 5.07. The van der Waals surface area contributed by atoms with E-state index < -0.39 is 23.3 Å². The van der Waals surface area contributed by atoms with E-state index in [0.29, 0.717) is 12.1 Å². The van der Waals surface area contributed by atoms with Gasteiger partial charge in [0.1, 0.15) is 6.04 Å². The summed E-state index contributed by atoms with van der Waals surface area (Å²) in [6, 6.07) is -0.681. The fourth-order valence-electron chi connectivity index (χ4n) is 1.85. The molecular weight excluding hydrogens is 236 g/mol. The first-order valence-electron chi connectivity index (χ1n) is 5.68. The topological polar surface area (TPSA) is 111 Å². The number of amides is 1. The molecule has 3 N–H and O–H groups in total. The van der Waals surface area contributed by atoms with Crippen molar-refractivity contribution in [3.8, 4) is 0 Å². The number of nitrogens with zero attached hydrogens (tertiary/aromatic N) is 3. The highest BCUT2D eigenvalue weighted by Gasteiger charge is 2.32. The minimum atomic E-state index is -1.16. The third kappa shape index (κ3) is 2.49. The largest absolute Gasteiger partial charge is 0.476 e. The zero-order valence-electron chi connectivity index (χ0n) is 11.0. The lowest BCUT2D eigenvalue weighted by Gasteiger charge is -2.23. The number of carbonyl (C=O) groups excluding carboxylic acids is 1. The van der Waals surface area contributed by atoms with Crippen molar-refractivity contribution < 1.29 is 14.7 Å². The molecule has 1 atom stereocenters. The number of carboxylic acids is 1. The third-order valence-corrected chi connectivity index (χ3v) is 2.62. The number of rotatable bonds is 4. The molecule has 0 fully saturated rings. The molecule has 0 saturated heterocycles. The molecule has 1 unspecified atom stereocenters. The van der Waals surface area contributed by atoms with Gasteiger partial charge in [0, 0.05) is 5.41 Å². The molecule has 100 valence electrons. The molecule has 7 heteroatoms. The lowest BCUT2D eigenvalue weighted by atomic mass is 9.89. The zero-order chi connectivity index (χ0) is 14.1. The molecule has 1 heterocycles. The van der Waals surface area contributed by atoms with Crippen molar-refractivity contribution in [1.82, 2.24) is 15.0 Å². The average molecular weight is 254 g/mol. The quantitative estimate of drug-likeness (QED) is 0.821. The molecule has 0 aliphatic rings. The van der Waals surface area contributed by atoms with E-state index in [2.05, 4.69) is 10.3 Å². The van der Waals surface area contributed by atoms with E-state index >= 15 is 0 Å². The Morgan fingerprint density at radius 2 is 2.00 bits per heavy atom. The van der Waals surface area contributed by atoms with Gasteiger partial charge < -0.3 is 10.8 Å². The van der Waals surface area contributed by atoms with Crippen LogP contribution in [0.2, 0.25) is 0 Å². The number of nitrogens with two attached hydrogens (primary N) is 1. The van der Waals surface area contributed by atoms with Gasteiger partial charge >= 0.3 is 5.97 Å². The number of primary amides is 1. The Kier molecular flexibility index (Phi) is 3.73. The van der Waals surface area contributed by atoms with Crippen molar-refractivity contribution in [2.45, 2.75) is 45.6 Å². The van der Waals surface area contributed by atoms with Crippen LogP contribution in [0.4, 0.5) is 0 Å². The highest BCUT2D eigenvalue weighted by molar-refractivity contribution is 5.87. The molecule has 0 aliphatic heterocycles. The van der Waals surface area contributed by atoms with Crippen LogP contribution in [-0.4, -0.2) is 32.0 Å². The molecule has 1 aromatic rings. The van der Waals surface area contributed by atoms with Crippen molar-refractivity contribution >= 4 is 11.9 Å². The number of carbonyl (C=O) groups is 2. The molecule has 1 aromatic heterocycles. The van der Waals surface area contributed by atoms with Crippen LogP contribution >= 0.6 is 0 Å². The second-order valence-electron chi connectivity index (χ2n) is 5.11. The van der Waals surface area contributed by atoms with E-state index in [4.69, 9.17) is 10.8 Å². The van der Waals surface area contributed by atoms with Crippen LogP contribution in [-0.2, 0) is 10.2 Å². The van der Waals surface area contributed by atoms with Crippen molar-refractivity contribution in [3.63, 3.8) is 0 Å². The van der Waals surface area contributed by atoms with Crippen molar-refractivity contribution in [3.05, 3.63) is 11.4 Å². The maximum atomic E-state index is 11.4.